The first-order valence-electron chi connectivity index (χ1n) is 9.49. The van der Waals surface area contributed by atoms with Crippen molar-refractivity contribution in [2.75, 3.05) is 13.7 Å². The highest BCUT2D eigenvalue weighted by atomic mass is 35.5. The topological polar surface area (TPSA) is 102 Å². The van der Waals surface area contributed by atoms with Crippen LogP contribution >= 0.6 is 11.8 Å². The Morgan fingerprint density at radius 3 is 2.48 bits per heavy atom. The minimum atomic E-state index is -0.503. The number of pyridine rings is 1. The summed E-state index contributed by atoms with van der Waals surface area (Å²) < 4.78 is 14.0. The maximum Gasteiger partial charge on any atom is 0.341 e. The predicted octanol–water partition coefficient (Wildman–Crippen LogP) is 5.71. The molecule has 4 aromatic rings. The molecule has 0 atom stereocenters. The molecule has 2 heterocycles. The van der Waals surface area contributed by atoms with Gasteiger partial charge in [0.2, 0.25) is 0 Å². The Bertz CT molecular complexity index is 1250. The number of aromatic nitrogens is 3. The van der Waals surface area contributed by atoms with Gasteiger partial charge < -0.3 is 9.47 Å². The summed E-state index contributed by atoms with van der Waals surface area (Å²) in [4.78, 5) is 17.9. The van der Waals surface area contributed by atoms with E-state index in [2.05, 4.69) is 24.9 Å². The number of nitrogens with zero attached hydrogens (tertiary/aromatic N) is 4. The van der Waals surface area contributed by atoms with Gasteiger partial charge in [-0.15, -0.1) is 5.11 Å². The fourth-order valence-corrected chi connectivity index (χ4v) is 3.48. The number of ether oxygens (including phenoxy) is 2. The molecule has 2 aromatic carbocycles. The number of methoxy groups -OCH3 is 1. The number of fused-ring (bicyclic) bond motifs is 1. The van der Waals surface area contributed by atoms with Crippen LogP contribution in [-0.2, 0) is 4.74 Å². The van der Waals surface area contributed by atoms with Crippen LogP contribution in [0, 0.1) is 0 Å². The third-order valence-electron chi connectivity index (χ3n) is 4.73. The normalized spacial score (nSPS) is 11.2. The molecule has 31 heavy (non-hydrogen) atoms. The van der Waals surface area contributed by atoms with Crippen LogP contribution in [-0.4, -0.2) is 34.9 Å². The number of carbonyl (C=O) groups is 1. The van der Waals surface area contributed by atoms with Gasteiger partial charge in [0.25, 0.3) is 0 Å². The van der Waals surface area contributed by atoms with E-state index < -0.39 is 5.97 Å². The summed E-state index contributed by atoms with van der Waals surface area (Å²) in [6.45, 7) is 1.97. The molecule has 0 aliphatic carbocycles. The largest absolute Gasteiger partial charge is 0.497 e. The first-order chi connectivity index (χ1) is 15.2. The highest BCUT2D eigenvalue weighted by Crippen LogP contribution is 2.41. The van der Waals surface area contributed by atoms with E-state index >= 15 is 0 Å². The second kappa shape index (κ2) is 8.93. The minimum Gasteiger partial charge on any atom is -0.497 e. The average Bonchev–Trinajstić information content (AvgIpc) is 3.21. The molecule has 0 aliphatic rings. The van der Waals surface area contributed by atoms with E-state index in [4.69, 9.17) is 21.3 Å². The quantitative estimate of drug-likeness (QED) is 0.308. The van der Waals surface area contributed by atoms with Crippen LogP contribution in [0.3, 0.4) is 0 Å². The van der Waals surface area contributed by atoms with Gasteiger partial charge in [-0.25, -0.2) is 9.78 Å². The summed E-state index contributed by atoms with van der Waals surface area (Å²) in [5.74, 6) is 0.466. The van der Waals surface area contributed by atoms with E-state index in [0.29, 0.717) is 33.6 Å². The third-order valence-corrected chi connectivity index (χ3v) is 4.80. The number of benzene rings is 2. The molecular formula is C22H18ClN5O3. The Morgan fingerprint density at radius 1 is 1.10 bits per heavy atom. The van der Waals surface area contributed by atoms with Gasteiger partial charge in [0.1, 0.15) is 5.75 Å². The molecule has 0 amide bonds. The van der Waals surface area contributed by atoms with Crippen LogP contribution in [0.25, 0.3) is 33.4 Å². The first-order valence-corrected chi connectivity index (χ1v) is 9.82. The second-order valence-electron chi connectivity index (χ2n) is 6.47. The number of esters is 1. The maximum atomic E-state index is 13.2. The number of hydrogen-bond acceptors (Lipinski definition) is 7. The fraction of sp³-hybridized carbons (Fsp3) is 0.136. The van der Waals surface area contributed by atoms with Crippen molar-refractivity contribution in [3.63, 3.8) is 0 Å². The molecule has 0 fully saturated rings. The lowest BCUT2D eigenvalue weighted by Gasteiger charge is -2.15. The van der Waals surface area contributed by atoms with Crippen LogP contribution < -0.4 is 4.74 Å². The van der Waals surface area contributed by atoms with Crippen molar-refractivity contribution in [2.45, 2.75) is 6.92 Å². The summed E-state index contributed by atoms with van der Waals surface area (Å²) in [5.41, 5.74) is 3.19. The lowest BCUT2D eigenvalue weighted by atomic mass is 9.93. The van der Waals surface area contributed by atoms with Crippen LogP contribution in [0.5, 0.6) is 5.75 Å². The summed E-state index contributed by atoms with van der Waals surface area (Å²) >= 11 is 5.49. The number of carbonyl (C=O) groups excluding carboxylic acids is 1. The van der Waals surface area contributed by atoms with E-state index in [1.807, 2.05) is 54.6 Å². The molecule has 2 aromatic heterocycles. The predicted molar refractivity (Wildman–Crippen MR) is 118 cm³/mol. The minimum absolute atomic E-state index is 0.215. The Labute approximate surface area is 183 Å². The number of rotatable bonds is 6. The molecule has 156 valence electrons. The molecule has 0 bridgehead atoms. The van der Waals surface area contributed by atoms with Gasteiger partial charge in [0.15, 0.2) is 11.5 Å². The summed E-state index contributed by atoms with van der Waals surface area (Å²) in [6.07, 6.45) is 0. The molecule has 1 N–H and O–H groups in total. The highest BCUT2D eigenvalue weighted by molar-refractivity contribution is 6.15. The van der Waals surface area contributed by atoms with Crippen molar-refractivity contribution in [2.24, 2.45) is 9.75 Å². The SMILES string of the molecule is CCOC(=O)c1c(-c2ccccc2)nc2n[nH]c(/N=N/Cl)c2c1-c1ccc(OC)cc1. The molecule has 9 heteroatoms. The van der Waals surface area contributed by atoms with E-state index in [1.165, 1.54) is 0 Å². The van der Waals surface area contributed by atoms with Gasteiger partial charge in [-0.1, -0.05) is 47.1 Å². The monoisotopic (exact) mass is 435 g/mol. The molecule has 0 saturated carbocycles. The second-order valence-corrected chi connectivity index (χ2v) is 6.62. The number of hydrogen-bond donors (Lipinski definition) is 1. The van der Waals surface area contributed by atoms with Crippen molar-refractivity contribution < 1.29 is 14.3 Å². The van der Waals surface area contributed by atoms with E-state index in [-0.39, 0.29) is 12.4 Å². The lowest BCUT2D eigenvalue weighted by molar-refractivity contribution is 0.0528. The van der Waals surface area contributed by atoms with Gasteiger partial charge in [-0.05, 0) is 24.6 Å². The Kier molecular flexibility index (Phi) is 5.90. The number of halogens is 1. The molecule has 4 rings (SSSR count). The van der Waals surface area contributed by atoms with Gasteiger partial charge in [0, 0.05) is 11.1 Å². The van der Waals surface area contributed by atoms with Crippen molar-refractivity contribution in [3.8, 4) is 28.1 Å². The van der Waals surface area contributed by atoms with Crippen molar-refractivity contribution in [3.05, 3.63) is 60.2 Å². The van der Waals surface area contributed by atoms with Gasteiger partial charge >= 0.3 is 5.97 Å². The number of H-pyrrole nitrogens is 1. The molecule has 8 nitrogen and oxygen atoms in total. The number of aromatic amines is 1. The van der Waals surface area contributed by atoms with E-state index in [0.717, 1.165) is 11.1 Å². The zero-order chi connectivity index (χ0) is 21.8. The molecular weight excluding hydrogens is 418 g/mol. The summed E-state index contributed by atoms with van der Waals surface area (Å²) in [5, 5.41) is 11.5. The van der Waals surface area contributed by atoms with Crippen LogP contribution in [0.2, 0.25) is 0 Å². The summed E-state index contributed by atoms with van der Waals surface area (Å²) in [7, 11) is 1.59. The Morgan fingerprint density at radius 2 is 1.84 bits per heavy atom. The highest BCUT2D eigenvalue weighted by Gasteiger charge is 2.27. The Balaban J connectivity index is 2.14. The van der Waals surface area contributed by atoms with Crippen LogP contribution in [0.4, 0.5) is 5.82 Å². The van der Waals surface area contributed by atoms with E-state index in [9.17, 15) is 4.79 Å². The van der Waals surface area contributed by atoms with Crippen molar-refractivity contribution in [1.82, 2.24) is 15.2 Å². The average molecular weight is 436 g/mol. The van der Waals surface area contributed by atoms with Crippen LogP contribution in [0.1, 0.15) is 17.3 Å². The molecule has 0 spiro atoms. The zero-order valence-corrected chi connectivity index (χ0v) is 17.6. The van der Waals surface area contributed by atoms with Gasteiger partial charge in [-0.2, -0.15) is 5.10 Å². The Hall–Kier alpha value is -3.78. The summed E-state index contributed by atoms with van der Waals surface area (Å²) in [6, 6.07) is 16.7. The third kappa shape index (κ3) is 3.85. The molecule has 0 unspecified atom stereocenters. The molecule has 0 radical (unpaired) electrons. The van der Waals surface area contributed by atoms with Crippen LogP contribution in [0.15, 0.2) is 64.3 Å². The lowest BCUT2D eigenvalue weighted by Crippen LogP contribution is -2.10. The van der Waals surface area contributed by atoms with Crippen molar-refractivity contribution >= 4 is 34.6 Å². The molecule has 0 aliphatic heterocycles. The first kappa shape index (κ1) is 20.5. The van der Waals surface area contributed by atoms with E-state index in [1.54, 1.807) is 14.0 Å². The maximum absolute atomic E-state index is 13.2. The smallest absolute Gasteiger partial charge is 0.341 e. The van der Waals surface area contributed by atoms with Gasteiger partial charge in [0.05, 0.1) is 42.1 Å². The fourth-order valence-electron chi connectivity index (χ4n) is 3.40. The zero-order valence-electron chi connectivity index (χ0n) is 16.8. The van der Waals surface area contributed by atoms with Crippen molar-refractivity contribution in [1.29, 1.82) is 0 Å². The standard InChI is InChI=1S/C22H18ClN5O3/c1-3-31-22(29)17-16(13-9-11-15(30-2)12-10-13)18-20(25-26-21(18)27-28-23)24-19(17)14-7-5-4-6-8-14/h4-12H,3H2,1-2H3,(H,24,25,26)/b28-27+. The number of nitrogens with one attached hydrogen (secondary N) is 1. The molecule has 0 saturated heterocycles. The van der Waals surface area contributed by atoms with Gasteiger partial charge in [-0.3, -0.25) is 5.10 Å².